The molecule has 35 heavy (non-hydrogen) atoms. The summed E-state index contributed by atoms with van der Waals surface area (Å²) in [5, 5.41) is 12.1. The van der Waals surface area contributed by atoms with E-state index in [0.717, 1.165) is 10.5 Å². The molecule has 4 rings (SSSR count). The van der Waals surface area contributed by atoms with Crippen LogP contribution >= 0.6 is 23.5 Å². The number of nitrogens with zero attached hydrogens (tertiary/aromatic N) is 2. The van der Waals surface area contributed by atoms with Crippen LogP contribution in [0.4, 0.5) is 0 Å². The Balaban J connectivity index is 0.00000228. The number of aliphatic carboxylic acids is 1. The summed E-state index contributed by atoms with van der Waals surface area (Å²) in [4.78, 5) is 53.8. The Labute approximate surface area is 236 Å². The summed E-state index contributed by atoms with van der Waals surface area (Å²) in [5.41, 5.74) is 1.73. The first kappa shape index (κ1) is 27.6. The fourth-order valence-electron chi connectivity index (χ4n) is 4.12. The standard InChI is InChI=1S/C24H25N3O5S2.Na.H/c1-14(2)11-26-9-8-15(21(26)29)10-16-12-34-23-19(22(30)27(23)20(16)24(31)32)25-18(28)13-33-17-6-4-3-5-7-17;;/h3-7,10,19,23H,1,8-9,11-13H2,2H3,(H,25,28)(H,31,32);;/q;+1;-1/b15-10+;;/t19-,23-;;/m1../s1. The molecule has 0 aliphatic carbocycles. The van der Waals surface area contributed by atoms with Gasteiger partial charge in [-0.25, -0.2) is 4.79 Å². The maximum Gasteiger partial charge on any atom is 1.00 e. The summed E-state index contributed by atoms with van der Waals surface area (Å²) in [6.45, 7) is 6.71. The molecule has 0 aromatic heterocycles. The number of hydrogen-bond donors (Lipinski definition) is 2. The second-order valence-electron chi connectivity index (χ2n) is 8.34. The van der Waals surface area contributed by atoms with Crippen LogP contribution in [0, 0.1) is 0 Å². The van der Waals surface area contributed by atoms with Crippen LogP contribution in [0.15, 0.2) is 70.3 Å². The zero-order valence-corrected chi connectivity index (χ0v) is 23.3. The van der Waals surface area contributed by atoms with E-state index >= 15 is 0 Å². The van der Waals surface area contributed by atoms with Gasteiger partial charge in [0.25, 0.3) is 5.91 Å². The molecule has 0 saturated carbocycles. The van der Waals surface area contributed by atoms with E-state index in [-0.39, 0.29) is 54.2 Å². The van der Waals surface area contributed by atoms with Crippen LogP contribution in [0.25, 0.3) is 0 Å². The van der Waals surface area contributed by atoms with Gasteiger partial charge in [0.2, 0.25) is 11.8 Å². The number of fused-ring (bicyclic) bond motifs is 1. The zero-order chi connectivity index (χ0) is 24.4. The van der Waals surface area contributed by atoms with E-state index in [1.165, 1.54) is 28.4 Å². The molecule has 2 saturated heterocycles. The summed E-state index contributed by atoms with van der Waals surface area (Å²) in [5.74, 6) is -1.60. The molecular weight excluding hydrogens is 497 g/mol. The molecule has 8 nitrogen and oxygen atoms in total. The molecule has 2 N–H and O–H groups in total. The number of thioether (sulfide) groups is 2. The van der Waals surface area contributed by atoms with Crippen LogP contribution in [0.2, 0.25) is 0 Å². The molecule has 2 fully saturated rings. The maximum absolute atomic E-state index is 12.8. The number of rotatable bonds is 8. The van der Waals surface area contributed by atoms with Crippen LogP contribution in [0.5, 0.6) is 0 Å². The number of hydrogen-bond acceptors (Lipinski definition) is 6. The van der Waals surface area contributed by atoms with Crippen molar-refractivity contribution in [1.82, 2.24) is 15.1 Å². The Morgan fingerprint density at radius 2 is 2.03 bits per heavy atom. The molecule has 11 heteroatoms. The first-order valence-electron chi connectivity index (χ1n) is 10.8. The normalized spacial score (nSPS) is 22.5. The van der Waals surface area contributed by atoms with Gasteiger partial charge in [-0.15, -0.1) is 23.5 Å². The van der Waals surface area contributed by atoms with Crippen LogP contribution in [0.1, 0.15) is 14.8 Å². The third-order valence-corrected chi connectivity index (χ3v) is 7.97. The van der Waals surface area contributed by atoms with Gasteiger partial charge < -0.3 is 16.7 Å². The van der Waals surface area contributed by atoms with Gasteiger partial charge in [-0.3, -0.25) is 19.3 Å². The topological polar surface area (TPSA) is 107 Å². The van der Waals surface area contributed by atoms with Crippen molar-refractivity contribution in [2.75, 3.05) is 24.6 Å². The van der Waals surface area contributed by atoms with Gasteiger partial charge in [0.05, 0.1) is 5.75 Å². The van der Waals surface area contributed by atoms with Crippen LogP contribution in [0.3, 0.4) is 0 Å². The summed E-state index contributed by atoms with van der Waals surface area (Å²) < 4.78 is 0. The summed E-state index contributed by atoms with van der Waals surface area (Å²) in [7, 11) is 0. The van der Waals surface area contributed by atoms with E-state index in [4.69, 9.17) is 0 Å². The number of β-lactam (4-membered cyclic amide) rings is 1. The minimum absolute atomic E-state index is 0. The number of carbonyl (C=O) groups is 4. The Kier molecular flexibility index (Phi) is 9.34. The predicted molar refractivity (Wildman–Crippen MR) is 132 cm³/mol. The molecule has 0 unspecified atom stereocenters. The second kappa shape index (κ2) is 11.8. The van der Waals surface area contributed by atoms with Gasteiger partial charge in [-0.1, -0.05) is 30.4 Å². The molecule has 180 valence electrons. The van der Waals surface area contributed by atoms with Crippen LogP contribution in [-0.4, -0.2) is 74.6 Å². The van der Waals surface area contributed by atoms with Gasteiger partial charge >= 0.3 is 35.5 Å². The average molecular weight is 524 g/mol. The van der Waals surface area contributed by atoms with Gasteiger partial charge in [0.1, 0.15) is 17.1 Å². The van der Waals surface area contributed by atoms with E-state index in [1.54, 1.807) is 11.0 Å². The molecule has 1 aromatic rings. The molecule has 0 radical (unpaired) electrons. The summed E-state index contributed by atoms with van der Waals surface area (Å²) in [6, 6.07) is 8.70. The van der Waals surface area contributed by atoms with Gasteiger partial charge in [0.15, 0.2) is 0 Å². The fourth-order valence-corrected chi connectivity index (χ4v) is 6.16. The summed E-state index contributed by atoms with van der Waals surface area (Å²) in [6.07, 6.45) is 2.13. The number of nitrogens with one attached hydrogen (secondary N) is 1. The van der Waals surface area contributed by atoms with E-state index in [2.05, 4.69) is 11.9 Å². The summed E-state index contributed by atoms with van der Waals surface area (Å²) >= 11 is 2.75. The Bertz CT molecular complexity index is 1130. The number of likely N-dealkylation sites (tertiary alicyclic amines) is 1. The maximum atomic E-state index is 12.8. The first-order valence-corrected chi connectivity index (χ1v) is 12.8. The van der Waals surface area contributed by atoms with Gasteiger partial charge in [-0.05, 0) is 37.1 Å². The van der Waals surface area contributed by atoms with Crippen molar-refractivity contribution in [3.8, 4) is 0 Å². The fraction of sp³-hybridized carbons (Fsp3) is 0.333. The number of allylic oxidation sites excluding steroid dienone is 1. The molecule has 3 aliphatic rings. The second-order valence-corrected chi connectivity index (χ2v) is 10.5. The molecule has 1 aromatic carbocycles. The van der Waals surface area contributed by atoms with E-state index in [9.17, 15) is 24.3 Å². The largest absolute Gasteiger partial charge is 1.00 e. The zero-order valence-electron chi connectivity index (χ0n) is 20.7. The average Bonchev–Trinajstić information content (AvgIpc) is 3.14. The smallest absolute Gasteiger partial charge is 1.00 e. The molecule has 2 atom stereocenters. The number of benzene rings is 1. The van der Waals surface area contributed by atoms with Crippen molar-refractivity contribution in [2.45, 2.75) is 29.7 Å². The number of carbonyl (C=O) groups excluding carboxylic acids is 3. The quantitative estimate of drug-likeness (QED) is 0.154. The van der Waals surface area contributed by atoms with Gasteiger partial charge in [-0.2, -0.15) is 0 Å². The molecule has 3 heterocycles. The van der Waals surface area contributed by atoms with E-state index in [0.29, 0.717) is 36.4 Å². The van der Waals surface area contributed by atoms with Crippen molar-refractivity contribution in [3.05, 3.63) is 65.4 Å². The SMILES string of the molecule is C=C(C)CN1CC/C(=C\C2=C(C(=O)O)N3C(=O)[C@@H](NC(=O)CSc4ccccc4)[C@H]3SC2)C1=O.[H-].[Na+]. The minimum Gasteiger partial charge on any atom is -1.00 e. The monoisotopic (exact) mass is 523 g/mol. The number of amides is 3. The Morgan fingerprint density at radius 3 is 2.69 bits per heavy atom. The van der Waals surface area contributed by atoms with Gasteiger partial charge in [0, 0.05) is 29.3 Å². The first-order chi connectivity index (χ1) is 16.3. The van der Waals surface area contributed by atoms with Crippen molar-refractivity contribution in [1.29, 1.82) is 0 Å². The third kappa shape index (κ3) is 6.06. The molecule has 3 amide bonds. The molecular formula is C24H26N3NaO5S2. The van der Waals surface area contributed by atoms with E-state index in [1.807, 2.05) is 37.3 Å². The minimum atomic E-state index is -1.22. The van der Waals surface area contributed by atoms with Crippen LogP contribution < -0.4 is 34.9 Å². The van der Waals surface area contributed by atoms with Crippen molar-refractivity contribution >= 4 is 47.2 Å². The molecule has 3 aliphatic heterocycles. The Hall–Kier alpha value is -1.98. The van der Waals surface area contributed by atoms with E-state index < -0.39 is 23.3 Å². The van der Waals surface area contributed by atoms with Crippen molar-refractivity contribution in [3.63, 3.8) is 0 Å². The molecule has 0 bridgehead atoms. The number of carboxylic acid groups (broad SMARTS) is 1. The Morgan fingerprint density at radius 1 is 1.31 bits per heavy atom. The predicted octanol–water partition coefficient (Wildman–Crippen LogP) is -0.631. The third-order valence-electron chi connectivity index (χ3n) is 5.65. The van der Waals surface area contributed by atoms with Crippen molar-refractivity contribution < 1.29 is 55.3 Å². The number of carboxylic acids is 1. The van der Waals surface area contributed by atoms with Crippen LogP contribution in [-0.2, 0) is 19.2 Å². The molecule has 0 spiro atoms. The van der Waals surface area contributed by atoms with Crippen molar-refractivity contribution in [2.24, 2.45) is 0 Å².